The van der Waals surface area contributed by atoms with Crippen LogP contribution in [0.4, 0.5) is 14.5 Å². The second-order valence-corrected chi connectivity index (χ2v) is 4.14. The van der Waals surface area contributed by atoms with Gasteiger partial charge in [0.25, 0.3) is 5.91 Å². The zero-order valence-electron chi connectivity index (χ0n) is 10.4. The van der Waals surface area contributed by atoms with Crippen LogP contribution in [-0.2, 0) is 0 Å². The average Bonchev–Trinajstić information content (AvgIpc) is 2.34. The Kier molecular flexibility index (Phi) is 5.55. The van der Waals surface area contributed by atoms with E-state index in [1.807, 2.05) is 0 Å². The molecule has 0 atom stereocenters. The number of nitrogens with one attached hydrogen (secondary N) is 1. The number of benzene rings is 1. The molecule has 0 saturated carbocycles. The summed E-state index contributed by atoms with van der Waals surface area (Å²) in [4.78, 5) is 11.6. The Labute approximate surface area is 105 Å². The molecule has 5 heteroatoms. The third-order valence-electron chi connectivity index (χ3n) is 2.66. The van der Waals surface area contributed by atoms with Crippen molar-refractivity contribution in [1.29, 1.82) is 0 Å². The van der Waals surface area contributed by atoms with E-state index in [1.54, 1.807) is 0 Å². The zero-order valence-corrected chi connectivity index (χ0v) is 10.4. The fourth-order valence-corrected chi connectivity index (χ4v) is 1.62. The molecule has 0 fully saturated rings. The summed E-state index contributed by atoms with van der Waals surface area (Å²) in [7, 11) is 0. The summed E-state index contributed by atoms with van der Waals surface area (Å²) in [6.07, 6.45) is 3.95. The van der Waals surface area contributed by atoms with E-state index in [2.05, 4.69) is 12.2 Å². The van der Waals surface area contributed by atoms with Crippen LogP contribution in [0.15, 0.2) is 12.1 Å². The molecule has 0 spiro atoms. The molecule has 3 N–H and O–H groups in total. The molecule has 0 unspecified atom stereocenters. The van der Waals surface area contributed by atoms with Crippen molar-refractivity contribution in [3.05, 3.63) is 29.3 Å². The number of hydrogen-bond acceptors (Lipinski definition) is 2. The lowest BCUT2D eigenvalue weighted by atomic mass is 10.1. The first-order valence-electron chi connectivity index (χ1n) is 6.09. The molecular formula is C13H18F2N2O. The molecule has 0 bridgehead atoms. The van der Waals surface area contributed by atoms with Crippen molar-refractivity contribution in [1.82, 2.24) is 5.32 Å². The Hall–Kier alpha value is -1.65. The lowest BCUT2D eigenvalue weighted by Crippen LogP contribution is -2.26. The molecule has 1 rings (SSSR count). The predicted octanol–water partition coefficient (Wildman–Crippen LogP) is 2.86. The second kappa shape index (κ2) is 6.93. The Morgan fingerprint density at radius 2 is 2.00 bits per heavy atom. The molecule has 0 saturated heterocycles. The predicted molar refractivity (Wildman–Crippen MR) is 67.2 cm³/mol. The molecule has 0 aromatic heterocycles. The van der Waals surface area contributed by atoms with Gasteiger partial charge in [-0.15, -0.1) is 0 Å². The minimum absolute atomic E-state index is 0.229. The van der Waals surface area contributed by atoms with Crippen molar-refractivity contribution < 1.29 is 13.6 Å². The van der Waals surface area contributed by atoms with Crippen LogP contribution in [-0.4, -0.2) is 12.5 Å². The molecule has 0 aliphatic heterocycles. The van der Waals surface area contributed by atoms with E-state index in [0.29, 0.717) is 6.54 Å². The van der Waals surface area contributed by atoms with Crippen molar-refractivity contribution in [2.75, 3.05) is 12.3 Å². The number of unbranched alkanes of at least 4 members (excludes halogenated alkanes) is 3. The Morgan fingerprint density at radius 3 is 2.67 bits per heavy atom. The van der Waals surface area contributed by atoms with E-state index in [9.17, 15) is 13.6 Å². The lowest BCUT2D eigenvalue weighted by molar-refractivity contribution is 0.0944. The number of carbonyl (C=O) groups excluding carboxylic acids is 1. The first-order valence-corrected chi connectivity index (χ1v) is 6.09. The third-order valence-corrected chi connectivity index (χ3v) is 2.66. The molecule has 0 aliphatic rings. The molecule has 1 aromatic carbocycles. The van der Waals surface area contributed by atoms with Crippen molar-refractivity contribution in [3.63, 3.8) is 0 Å². The van der Waals surface area contributed by atoms with Crippen LogP contribution in [0, 0.1) is 11.6 Å². The van der Waals surface area contributed by atoms with Crippen molar-refractivity contribution in [3.8, 4) is 0 Å². The number of amides is 1. The van der Waals surface area contributed by atoms with Gasteiger partial charge in [0.2, 0.25) is 0 Å². The summed E-state index contributed by atoms with van der Waals surface area (Å²) in [5.74, 6) is -2.65. The Morgan fingerprint density at radius 1 is 1.28 bits per heavy atom. The fourth-order valence-electron chi connectivity index (χ4n) is 1.62. The van der Waals surface area contributed by atoms with Crippen LogP contribution in [0.3, 0.4) is 0 Å². The maximum absolute atomic E-state index is 13.5. The highest BCUT2D eigenvalue weighted by molar-refractivity contribution is 5.95. The maximum atomic E-state index is 13.5. The molecule has 0 aliphatic carbocycles. The van der Waals surface area contributed by atoms with Gasteiger partial charge in [0.05, 0.1) is 5.69 Å². The van der Waals surface area contributed by atoms with Gasteiger partial charge in [0, 0.05) is 6.54 Å². The summed E-state index contributed by atoms with van der Waals surface area (Å²) in [5, 5.41) is 2.49. The summed E-state index contributed by atoms with van der Waals surface area (Å²) >= 11 is 0. The highest BCUT2D eigenvalue weighted by Crippen LogP contribution is 2.18. The van der Waals surface area contributed by atoms with Crippen LogP contribution >= 0.6 is 0 Å². The van der Waals surface area contributed by atoms with Crippen LogP contribution in [0.5, 0.6) is 0 Å². The van der Waals surface area contributed by atoms with Crippen molar-refractivity contribution in [2.24, 2.45) is 0 Å². The highest BCUT2D eigenvalue weighted by Gasteiger charge is 2.18. The zero-order chi connectivity index (χ0) is 13.5. The number of anilines is 1. The smallest absolute Gasteiger partial charge is 0.257 e. The molecular weight excluding hydrogens is 238 g/mol. The van der Waals surface area contributed by atoms with E-state index in [0.717, 1.165) is 37.8 Å². The highest BCUT2D eigenvalue weighted by atomic mass is 19.1. The first kappa shape index (κ1) is 14.4. The molecule has 1 aromatic rings. The van der Waals surface area contributed by atoms with Gasteiger partial charge in [0.15, 0.2) is 5.82 Å². The summed E-state index contributed by atoms with van der Waals surface area (Å²) in [6.45, 7) is 2.49. The molecule has 1 amide bonds. The number of rotatable bonds is 6. The average molecular weight is 256 g/mol. The molecule has 0 radical (unpaired) electrons. The Balaban J connectivity index is 2.59. The minimum atomic E-state index is -0.999. The van der Waals surface area contributed by atoms with Crippen molar-refractivity contribution >= 4 is 11.6 Å². The number of halogens is 2. The van der Waals surface area contributed by atoms with Crippen molar-refractivity contribution in [2.45, 2.75) is 32.6 Å². The maximum Gasteiger partial charge on any atom is 0.257 e. The van der Waals surface area contributed by atoms with E-state index in [-0.39, 0.29) is 5.69 Å². The number of carbonyl (C=O) groups is 1. The van der Waals surface area contributed by atoms with Crippen LogP contribution < -0.4 is 11.1 Å². The van der Waals surface area contributed by atoms with E-state index < -0.39 is 23.1 Å². The van der Waals surface area contributed by atoms with Gasteiger partial charge in [0.1, 0.15) is 11.4 Å². The molecule has 18 heavy (non-hydrogen) atoms. The van der Waals surface area contributed by atoms with Crippen LogP contribution in [0.25, 0.3) is 0 Å². The van der Waals surface area contributed by atoms with Crippen LogP contribution in [0.1, 0.15) is 43.0 Å². The van der Waals surface area contributed by atoms with Gasteiger partial charge >= 0.3 is 0 Å². The van der Waals surface area contributed by atoms with Gasteiger partial charge in [-0.3, -0.25) is 4.79 Å². The fraction of sp³-hybridized carbons (Fsp3) is 0.462. The summed E-state index contributed by atoms with van der Waals surface area (Å²) in [5.41, 5.74) is 4.46. The van der Waals surface area contributed by atoms with E-state index in [1.165, 1.54) is 0 Å². The Bertz CT molecular complexity index is 422. The van der Waals surface area contributed by atoms with Gasteiger partial charge in [-0.1, -0.05) is 26.2 Å². The minimum Gasteiger partial charge on any atom is -0.396 e. The summed E-state index contributed by atoms with van der Waals surface area (Å²) in [6, 6.07) is 2.09. The number of hydrogen-bond donors (Lipinski definition) is 2. The monoisotopic (exact) mass is 256 g/mol. The standard InChI is InChI=1S/C13H18F2N2O/c1-2-3-4-5-8-17-13(18)11-9(14)6-7-10(16)12(11)15/h6-7H,2-5,8,16H2,1H3,(H,17,18). The van der Waals surface area contributed by atoms with Gasteiger partial charge in [-0.25, -0.2) is 8.78 Å². The number of nitrogen functional groups attached to an aromatic ring is 1. The van der Waals surface area contributed by atoms with Gasteiger partial charge < -0.3 is 11.1 Å². The normalized spacial score (nSPS) is 10.4. The quantitative estimate of drug-likeness (QED) is 0.607. The molecule has 3 nitrogen and oxygen atoms in total. The molecule has 100 valence electrons. The number of nitrogens with two attached hydrogens (primary N) is 1. The van der Waals surface area contributed by atoms with E-state index in [4.69, 9.17) is 5.73 Å². The van der Waals surface area contributed by atoms with Crippen LogP contribution in [0.2, 0.25) is 0 Å². The second-order valence-electron chi connectivity index (χ2n) is 4.14. The third kappa shape index (κ3) is 3.68. The summed E-state index contributed by atoms with van der Waals surface area (Å²) < 4.78 is 26.9. The largest absolute Gasteiger partial charge is 0.396 e. The molecule has 0 heterocycles. The topological polar surface area (TPSA) is 55.1 Å². The van der Waals surface area contributed by atoms with Gasteiger partial charge in [-0.2, -0.15) is 0 Å². The van der Waals surface area contributed by atoms with Gasteiger partial charge in [-0.05, 0) is 18.6 Å². The first-order chi connectivity index (χ1) is 8.57. The SMILES string of the molecule is CCCCCCNC(=O)c1c(F)ccc(N)c1F. The lowest BCUT2D eigenvalue weighted by Gasteiger charge is -2.08. The van der Waals surface area contributed by atoms with E-state index >= 15 is 0 Å².